The highest BCUT2D eigenvalue weighted by Gasteiger charge is 2.31. The fourth-order valence-electron chi connectivity index (χ4n) is 3.56. The lowest BCUT2D eigenvalue weighted by Gasteiger charge is -2.22. The minimum absolute atomic E-state index is 0.0351. The number of anilines is 1. The Kier molecular flexibility index (Phi) is 5.13. The normalized spacial score (nSPS) is 19.0. The van der Waals surface area contributed by atoms with Crippen LogP contribution in [0.1, 0.15) is 29.6 Å². The number of thiazole rings is 1. The van der Waals surface area contributed by atoms with Crippen LogP contribution < -0.4 is 15.4 Å². The Morgan fingerprint density at radius 2 is 2.04 bits per heavy atom. The number of fused-ring (bicyclic) bond motifs is 1. The number of methoxy groups -OCH3 is 1. The smallest absolute Gasteiger partial charge is 0.258 e. The van der Waals surface area contributed by atoms with Crippen LogP contribution in [0, 0.1) is 11.6 Å². The highest BCUT2D eigenvalue weighted by molar-refractivity contribution is 7.22. The van der Waals surface area contributed by atoms with Gasteiger partial charge < -0.3 is 15.4 Å². The molecule has 1 aromatic heterocycles. The van der Waals surface area contributed by atoms with E-state index in [1.165, 1.54) is 42.7 Å². The number of carbonyl (C=O) groups excluding carboxylic acids is 1. The van der Waals surface area contributed by atoms with Gasteiger partial charge in [0.2, 0.25) is 0 Å². The third-order valence-electron chi connectivity index (χ3n) is 4.91. The molecule has 0 radical (unpaired) electrons. The van der Waals surface area contributed by atoms with Crippen LogP contribution >= 0.6 is 11.3 Å². The van der Waals surface area contributed by atoms with Crippen molar-refractivity contribution in [1.82, 2.24) is 10.3 Å². The van der Waals surface area contributed by atoms with Crippen molar-refractivity contribution in [3.8, 4) is 5.75 Å². The average Bonchev–Trinajstić information content (AvgIpc) is 3.27. The summed E-state index contributed by atoms with van der Waals surface area (Å²) in [5.41, 5.74) is 0.634. The first-order chi connectivity index (χ1) is 13.5. The molecule has 0 aliphatic heterocycles. The van der Waals surface area contributed by atoms with Gasteiger partial charge in [-0.05, 0) is 49.6 Å². The van der Waals surface area contributed by atoms with Gasteiger partial charge >= 0.3 is 0 Å². The Labute approximate surface area is 164 Å². The van der Waals surface area contributed by atoms with E-state index in [0.717, 1.165) is 29.5 Å². The van der Waals surface area contributed by atoms with Gasteiger partial charge in [-0.15, -0.1) is 0 Å². The van der Waals surface area contributed by atoms with Crippen LogP contribution in [0.3, 0.4) is 0 Å². The lowest BCUT2D eigenvalue weighted by molar-refractivity contribution is 0.0928. The molecule has 1 amide bonds. The lowest BCUT2D eigenvalue weighted by atomic mass is 10.1. The molecular formula is C20H19F2N3O2S. The number of nitrogens with zero attached hydrogens (tertiary/aromatic N) is 1. The highest BCUT2D eigenvalue weighted by Crippen LogP contribution is 2.30. The van der Waals surface area contributed by atoms with Gasteiger partial charge in [0, 0.05) is 12.1 Å². The Morgan fingerprint density at radius 1 is 1.21 bits per heavy atom. The number of nitrogens with one attached hydrogen (secondary N) is 2. The lowest BCUT2D eigenvalue weighted by Crippen LogP contribution is -2.43. The average molecular weight is 403 g/mol. The number of halogens is 2. The van der Waals surface area contributed by atoms with E-state index >= 15 is 0 Å². The number of hydrogen-bond acceptors (Lipinski definition) is 5. The summed E-state index contributed by atoms with van der Waals surface area (Å²) >= 11 is 1.37. The molecule has 8 heteroatoms. The van der Waals surface area contributed by atoms with E-state index in [1.807, 2.05) is 0 Å². The number of hydrogen-bond donors (Lipinski definition) is 2. The van der Waals surface area contributed by atoms with Crippen LogP contribution in [0.2, 0.25) is 0 Å². The van der Waals surface area contributed by atoms with E-state index in [2.05, 4.69) is 15.6 Å². The molecule has 0 spiro atoms. The number of ether oxygens (including phenoxy) is 1. The van der Waals surface area contributed by atoms with Gasteiger partial charge in [-0.2, -0.15) is 0 Å². The number of rotatable bonds is 5. The molecule has 2 aromatic carbocycles. The van der Waals surface area contributed by atoms with Crippen molar-refractivity contribution in [2.24, 2.45) is 0 Å². The molecule has 1 heterocycles. The second kappa shape index (κ2) is 7.71. The molecule has 2 N–H and O–H groups in total. The zero-order valence-corrected chi connectivity index (χ0v) is 16.0. The fraction of sp³-hybridized carbons (Fsp3) is 0.300. The first-order valence-corrected chi connectivity index (χ1v) is 9.83. The quantitative estimate of drug-likeness (QED) is 0.665. The fourth-order valence-corrected chi connectivity index (χ4v) is 4.51. The van der Waals surface area contributed by atoms with Crippen molar-refractivity contribution in [2.75, 3.05) is 12.4 Å². The van der Waals surface area contributed by atoms with E-state index in [1.54, 1.807) is 12.1 Å². The van der Waals surface area contributed by atoms with E-state index in [0.29, 0.717) is 5.13 Å². The summed E-state index contributed by atoms with van der Waals surface area (Å²) in [6, 6.07) is 8.58. The Morgan fingerprint density at radius 3 is 2.86 bits per heavy atom. The second-order valence-corrected chi connectivity index (χ2v) is 7.74. The number of benzene rings is 2. The summed E-state index contributed by atoms with van der Waals surface area (Å²) in [4.78, 5) is 17.1. The highest BCUT2D eigenvalue weighted by atomic mass is 32.1. The van der Waals surface area contributed by atoms with Crippen molar-refractivity contribution in [3.63, 3.8) is 0 Å². The molecule has 0 bridgehead atoms. The minimum Gasteiger partial charge on any atom is -0.496 e. The zero-order chi connectivity index (χ0) is 19.7. The van der Waals surface area contributed by atoms with Crippen molar-refractivity contribution in [2.45, 2.75) is 31.3 Å². The van der Waals surface area contributed by atoms with Crippen LogP contribution in [0.15, 0.2) is 36.4 Å². The molecule has 5 nitrogen and oxygen atoms in total. The molecule has 146 valence electrons. The van der Waals surface area contributed by atoms with Crippen LogP contribution in [-0.2, 0) is 0 Å². The van der Waals surface area contributed by atoms with Crippen LogP contribution in [-0.4, -0.2) is 30.1 Å². The maximum atomic E-state index is 14.2. The largest absolute Gasteiger partial charge is 0.496 e. The Hall–Kier alpha value is -2.74. The zero-order valence-electron chi connectivity index (χ0n) is 15.2. The monoisotopic (exact) mass is 403 g/mol. The molecule has 0 unspecified atom stereocenters. The van der Waals surface area contributed by atoms with Crippen LogP contribution in [0.5, 0.6) is 5.75 Å². The molecule has 1 aliphatic carbocycles. The number of carbonyl (C=O) groups is 1. The van der Waals surface area contributed by atoms with Gasteiger partial charge in [-0.25, -0.2) is 13.8 Å². The first kappa shape index (κ1) is 18.6. The SMILES string of the molecule is COc1cccc(F)c1C(=O)N[C@@H]1CCC[C@@H]1Nc1nc2ccc(F)cc2s1. The predicted molar refractivity (Wildman–Crippen MR) is 105 cm³/mol. The molecule has 1 fully saturated rings. The third kappa shape index (κ3) is 3.64. The van der Waals surface area contributed by atoms with Crippen molar-refractivity contribution >= 4 is 32.6 Å². The molecule has 2 atom stereocenters. The Bertz CT molecular complexity index is 1020. The van der Waals surface area contributed by atoms with Gasteiger partial charge in [0.1, 0.15) is 22.9 Å². The van der Waals surface area contributed by atoms with Gasteiger partial charge in [0.05, 0.1) is 17.3 Å². The number of aromatic nitrogens is 1. The van der Waals surface area contributed by atoms with E-state index in [4.69, 9.17) is 4.74 Å². The van der Waals surface area contributed by atoms with Gasteiger partial charge in [0.15, 0.2) is 5.13 Å². The summed E-state index contributed by atoms with van der Waals surface area (Å²) in [6.07, 6.45) is 2.56. The van der Waals surface area contributed by atoms with E-state index < -0.39 is 11.7 Å². The summed E-state index contributed by atoms with van der Waals surface area (Å²) in [7, 11) is 1.40. The second-order valence-electron chi connectivity index (χ2n) is 6.71. The molecule has 0 saturated heterocycles. The summed E-state index contributed by atoms with van der Waals surface area (Å²) in [6.45, 7) is 0. The molecule has 28 heavy (non-hydrogen) atoms. The third-order valence-corrected chi connectivity index (χ3v) is 5.86. The molecule has 4 rings (SSSR count). The Balaban J connectivity index is 1.50. The summed E-state index contributed by atoms with van der Waals surface area (Å²) in [5.74, 6) is -1.21. The van der Waals surface area contributed by atoms with Gasteiger partial charge in [-0.1, -0.05) is 17.4 Å². The minimum atomic E-state index is -0.618. The molecular weight excluding hydrogens is 384 g/mol. The topological polar surface area (TPSA) is 63.2 Å². The molecule has 3 aromatic rings. The van der Waals surface area contributed by atoms with E-state index in [9.17, 15) is 13.6 Å². The molecule has 1 saturated carbocycles. The van der Waals surface area contributed by atoms with Gasteiger partial charge in [0.25, 0.3) is 5.91 Å². The maximum Gasteiger partial charge on any atom is 0.258 e. The van der Waals surface area contributed by atoms with Crippen LogP contribution in [0.25, 0.3) is 10.2 Å². The summed E-state index contributed by atoms with van der Waals surface area (Å²) in [5, 5.41) is 6.94. The maximum absolute atomic E-state index is 14.2. The van der Waals surface area contributed by atoms with Gasteiger partial charge in [-0.3, -0.25) is 4.79 Å². The standard InChI is InChI=1S/C20H19F2N3O2S/c1-27-16-7-2-4-12(22)18(16)19(26)23-13-5-3-6-14(13)24-20-25-15-9-8-11(21)10-17(15)28-20/h2,4,7-10,13-14H,3,5-6H2,1H3,(H,23,26)(H,24,25)/t13-,14+/m1/s1. The van der Waals surface area contributed by atoms with E-state index in [-0.39, 0.29) is 29.2 Å². The molecule has 1 aliphatic rings. The van der Waals surface area contributed by atoms with Crippen LogP contribution in [0.4, 0.5) is 13.9 Å². The van der Waals surface area contributed by atoms with Crippen molar-refractivity contribution in [3.05, 3.63) is 53.6 Å². The number of amides is 1. The van der Waals surface area contributed by atoms with Crippen molar-refractivity contribution in [1.29, 1.82) is 0 Å². The predicted octanol–water partition coefficient (Wildman–Crippen LogP) is 4.35. The van der Waals surface area contributed by atoms with Crippen molar-refractivity contribution < 1.29 is 18.3 Å². The first-order valence-electron chi connectivity index (χ1n) is 9.01. The summed E-state index contributed by atoms with van der Waals surface area (Å²) < 4.78 is 33.4.